The molecule has 226 valence electrons. The number of carboxylic acids is 2. The van der Waals surface area contributed by atoms with Crippen molar-refractivity contribution in [1.82, 2.24) is 10.6 Å². The number of thioether (sulfide) groups is 1. The molecular formula is C30H31N3O9S. The van der Waals surface area contributed by atoms with Crippen molar-refractivity contribution >= 4 is 67.8 Å². The number of aliphatic carboxylic acids is 2. The number of amides is 2. The van der Waals surface area contributed by atoms with Crippen molar-refractivity contribution in [2.45, 2.75) is 48.5 Å². The van der Waals surface area contributed by atoms with Gasteiger partial charge in [-0.25, -0.2) is 0 Å². The van der Waals surface area contributed by atoms with Crippen LogP contribution >= 0.6 is 11.8 Å². The molecule has 4 aromatic rings. The number of carboxylic acid groups (broad SMARTS) is 2. The summed E-state index contributed by atoms with van der Waals surface area (Å²) in [6.07, 6.45) is -4.85. The molecule has 13 heteroatoms. The van der Waals surface area contributed by atoms with Crippen LogP contribution in [-0.4, -0.2) is 85.9 Å². The van der Waals surface area contributed by atoms with Gasteiger partial charge in [0.05, 0.1) is 11.4 Å². The van der Waals surface area contributed by atoms with Crippen molar-refractivity contribution in [2.24, 2.45) is 5.73 Å². The molecule has 0 aliphatic heterocycles. The number of nitrogens with two attached hydrogens (primary N) is 1. The summed E-state index contributed by atoms with van der Waals surface area (Å²) in [6.45, 7) is -0.697. The third-order valence-electron chi connectivity index (χ3n) is 7.81. The maximum absolute atomic E-state index is 12.9. The molecule has 0 saturated heterocycles. The average Bonchev–Trinajstić information content (AvgIpc) is 2.98. The van der Waals surface area contributed by atoms with Crippen molar-refractivity contribution in [2.75, 3.05) is 12.3 Å². The maximum Gasteiger partial charge on any atom is 0.322 e. The van der Waals surface area contributed by atoms with Crippen LogP contribution in [-0.2, 0) is 19.2 Å². The summed E-state index contributed by atoms with van der Waals surface area (Å²) >= 11 is 1.06. The van der Waals surface area contributed by atoms with Gasteiger partial charge in [0.25, 0.3) is 0 Å². The van der Waals surface area contributed by atoms with E-state index in [1.54, 1.807) is 0 Å². The number of carbonyl (C=O) groups is 4. The Balaban J connectivity index is 1.47. The van der Waals surface area contributed by atoms with Gasteiger partial charge in [0, 0.05) is 12.2 Å². The molecule has 0 aromatic heterocycles. The number of hydrogen-bond acceptors (Lipinski definition) is 9. The number of fused-ring (bicyclic) bond motifs is 2. The molecule has 0 heterocycles. The van der Waals surface area contributed by atoms with E-state index in [0.717, 1.165) is 44.1 Å². The van der Waals surface area contributed by atoms with E-state index in [1.807, 2.05) is 48.5 Å². The standard InChI is InChI=1S/C30H31N3O9S/c31-18(30(41)42)8-9-20(34)33-19(29(40)32-11-21(35)36)12-43-28-17-10-15-5-4-13-2-1-3-14-6-7-16(23(15)22(13)14)24(17)25(37)26(38)27(28)39/h1-7,10,18-19,25-28,37-39H,8-9,11-12,31H2,(H,32,40)(H,33,34)(H,35,36)(H,41,42)/t18-,19-,25?,26?,27?,28?/m0/s1. The second-order valence-corrected chi connectivity index (χ2v) is 11.8. The number of nitrogens with one attached hydrogen (secondary N) is 2. The number of hydrogen-bond donors (Lipinski definition) is 8. The highest BCUT2D eigenvalue weighted by Gasteiger charge is 2.42. The Kier molecular flexibility index (Phi) is 8.71. The highest BCUT2D eigenvalue weighted by molar-refractivity contribution is 7.99. The fourth-order valence-corrected chi connectivity index (χ4v) is 7.04. The number of aliphatic hydroxyl groups excluding tert-OH is 3. The zero-order valence-corrected chi connectivity index (χ0v) is 23.6. The first kappa shape index (κ1) is 30.4. The van der Waals surface area contributed by atoms with E-state index < -0.39 is 65.9 Å². The summed E-state index contributed by atoms with van der Waals surface area (Å²) < 4.78 is 0. The molecule has 0 spiro atoms. The van der Waals surface area contributed by atoms with E-state index in [2.05, 4.69) is 10.6 Å². The predicted octanol–water partition coefficient (Wildman–Crippen LogP) is 1.00. The maximum atomic E-state index is 12.9. The van der Waals surface area contributed by atoms with Crippen molar-refractivity contribution in [3.05, 3.63) is 59.7 Å². The van der Waals surface area contributed by atoms with E-state index in [0.29, 0.717) is 11.1 Å². The average molecular weight is 610 g/mol. The molecule has 12 nitrogen and oxygen atoms in total. The lowest BCUT2D eigenvalue weighted by molar-refractivity contribution is -0.139. The Bertz CT molecular complexity index is 1700. The van der Waals surface area contributed by atoms with Crippen LogP contribution in [0.4, 0.5) is 0 Å². The summed E-state index contributed by atoms with van der Waals surface area (Å²) in [6, 6.07) is 13.0. The van der Waals surface area contributed by atoms with Gasteiger partial charge in [-0.05, 0) is 55.9 Å². The first-order valence-corrected chi connectivity index (χ1v) is 14.7. The number of benzene rings is 4. The second-order valence-electron chi connectivity index (χ2n) is 10.6. The third kappa shape index (κ3) is 5.94. The van der Waals surface area contributed by atoms with Gasteiger partial charge in [0.15, 0.2) is 0 Å². The number of aliphatic hydroxyl groups is 3. The molecule has 6 atom stereocenters. The van der Waals surface area contributed by atoms with Crippen molar-refractivity contribution < 1.29 is 44.7 Å². The molecule has 0 bridgehead atoms. The number of carbonyl (C=O) groups excluding carboxylic acids is 2. The van der Waals surface area contributed by atoms with Gasteiger partial charge in [-0.3, -0.25) is 19.2 Å². The minimum atomic E-state index is -1.55. The van der Waals surface area contributed by atoms with Crippen molar-refractivity contribution in [3.8, 4) is 0 Å². The fraction of sp³-hybridized carbons (Fsp3) is 0.333. The van der Waals surface area contributed by atoms with E-state index in [9.17, 15) is 34.5 Å². The lowest BCUT2D eigenvalue weighted by atomic mass is 9.79. The normalized spacial score (nSPS) is 21.4. The predicted molar refractivity (Wildman–Crippen MR) is 160 cm³/mol. The molecule has 4 unspecified atom stereocenters. The lowest BCUT2D eigenvalue weighted by Gasteiger charge is -2.38. The quantitative estimate of drug-likeness (QED) is 0.112. The van der Waals surface area contributed by atoms with Gasteiger partial charge < -0.3 is 41.9 Å². The SMILES string of the molecule is N[C@@H](CCC(=O)N[C@@H](CSC1c2cc3ccc4cccc5ccc(c2C(O)C(O)C1O)c3c45)C(=O)NCC(=O)O)C(=O)O. The first-order valence-electron chi connectivity index (χ1n) is 13.6. The van der Waals surface area contributed by atoms with Crippen LogP contribution in [0.3, 0.4) is 0 Å². The van der Waals surface area contributed by atoms with E-state index >= 15 is 0 Å². The highest BCUT2D eigenvalue weighted by atomic mass is 32.2. The van der Waals surface area contributed by atoms with E-state index in [1.165, 1.54) is 0 Å². The molecule has 1 aliphatic rings. The van der Waals surface area contributed by atoms with Crippen molar-refractivity contribution in [3.63, 3.8) is 0 Å². The molecule has 1 aliphatic carbocycles. The molecule has 5 rings (SSSR count). The summed E-state index contributed by atoms with van der Waals surface area (Å²) in [7, 11) is 0. The summed E-state index contributed by atoms with van der Waals surface area (Å²) in [5.41, 5.74) is 6.49. The zero-order chi connectivity index (χ0) is 31.0. The molecule has 0 saturated carbocycles. The largest absolute Gasteiger partial charge is 0.480 e. The van der Waals surface area contributed by atoms with Crippen LogP contribution in [0.15, 0.2) is 48.5 Å². The molecule has 0 radical (unpaired) electrons. The van der Waals surface area contributed by atoms with Crippen LogP contribution < -0.4 is 16.4 Å². The minimum absolute atomic E-state index is 0.142. The van der Waals surface area contributed by atoms with E-state index in [4.69, 9.17) is 15.9 Å². The third-order valence-corrected chi connectivity index (χ3v) is 9.23. The molecule has 0 fully saturated rings. The van der Waals surface area contributed by atoms with Crippen LogP contribution in [0.5, 0.6) is 0 Å². The first-order chi connectivity index (χ1) is 20.5. The monoisotopic (exact) mass is 609 g/mol. The Morgan fingerprint density at radius 1 is 0.907 bits per heavy atom. The molecule has 43 heavy (non-hydrogen) atoms. The number of rotatable bonds is 11. The second kappa shape index (κ2) is 12.3. The fourth-order valence-electron chi connectivity index (χ4n) is 5.67. The summed E-state index contributed by atoms with van der Waals surface area (Å²) in [5.74, 6) is -4.19. The Labute approximate surface area is 249 Å². The van der Waals surface area contributed by atoms with Crippen LogP contribution in [0.2, 0.25) is 0 Å². The van der Waals surface area contributed by atoms with Gasteiger partial charge in [-0.2, -0.15) is 0 Å². The van der Waals surface area contributed by atoms with Gasteiger partial charge in [0.1, 0.15) is 30.8 Å². The smallest absolute Gasteiger partial charge is 0.322 e. The van der Waals surface area contributed by atoms with Gasteiger partial charge >= 0.3 is 11.9 Å². The van der Waals surface area contributed by atoms with Gasteiger partial charge in [-0.1, -0.05) is 42.5 Å². The zero-order valence-electron chi connectivity index (χ0n) is 22.8. The summed E-state index contributed by atoms with van der Waals surface area (Å²) in [5, 5.41) is 60.5. The molecule has 4 aromatic carbocycles. The van der Waals surface area contributed by atoms with Crippen molar-refractivity contribution in [1.29, 1.82) is 0 Å². The highest BCUT2D eigenvalue weighted by Crippen LogP contribution is 2.49. The van der Waals surface area contributed by atoms with Crippen LogP contribution in [0, 0.1) is 0 Å². The Morgan fingerprint density at radius 2 is 1.58 bits per heavy atom. The molecule has 9 N–H and O–H groups in total. The Morgan fingerprint density at radius 3 is 2.26 bits per heavy atom. The van der Waals surface area contributed by atoms with E-state index in [-0.39, 0.29) is 18.6 Å². The molecule has 2 amide bonds. The Hall–Kier alpha value is -4.01. The topological polar surface area (TPSA) is 220 Å². The lowest BCUT2D eigenvalue weighted by Crippen LogP contribution is -2.50. The van der Waals surface area contributed by atoms with Gasteiger partial charge in [0.2, 0.25) is 11.8 Å². The van der Waals surface area contributed by atoms with Crippen LogP contribution in [0.1, 0.15) is 35.3 Å². The summed E-state index contributed by atoms with van der Waals surface area (Å²) in [4.78, 5) is 47.5. The van der Waals surface area contributed by atoms with Gasteiger partial charge in [-0.15, -0.1) is 11.8 Å². The van der Waals surface area contributed by atoms with Crippen LogP contribution in [0.25, 0.3) is 32.3 Å². The minimum Gasteiger partial charge on any atom is -0.480 e. The molecular weight excluding hydrogens is 578 g/mol.